The van der Waals surface area contributed by atoms with Gasteiger partial charge in [0.05, 0.1) is 24.8 Å². The van der Waals surface area contributed by atoms with Gasteiger partial charge in [-0.25, -0.2) is 4.98 Å². The molecule has 2 aromatic heterocycles. The summed E-state index contributed by atoms with van der Waals surface area (Å²) in [6.45, 7) is 5.92. The maximum absolute atomic E-state index is 11.8. The molecule has 0 unspecified atom stereocenters. The Morgan fingerprint density at radius 3 is 2.74 bits per heavy atom. The van der Waals surface area contributed by atoms with E-state index in [9.17, 15) is 9.59 Å². The lowest BCUT2D eigenvalue weighted by Gasteiger charge is -2.14. The Labute approximate surface area is 135 Å². The zero-order valence-electron chi connectivity index (χ0n) is 13.7. The van der Waals surface area contributed by atoms with E-state index < -0.39 is 6.04 Å². The molecule has 2 aromatic rings. The van der Waals surface area contributed by atoms with E-state index in [4.69, 9.17) is 5.73 Å². The highest BCUT2D eigenvalue weighted by atomic mass is 16.2. The van der Waals surface area contributed by atoms with Crippen molar-refractivity contribution in [3.8, 4) is 0 Å². The number of carbonyl (C=O) groups is 2. The van der Waals surface area contributed by atoms with Crippen molar-refractivity contribution in [1.29, 1.82) is 0 Å². The Morgan fingerprint density at radius 2 is 2.09 bits per heavy atom. The molecule has 1 atom stereocenters. The molecule has 0 radical (unpaired) electrons. The molecule has 2 rings (SSSR count). The van der Waals surface area contributed by atoms with Gasteiger partial charge >= 0.3 is 0 Å². The van der Waals surface area contributed by atoms with Gasteiger partial charge in [0.15, 0.2) is 0 Å². The van der Waals surface area contributed by atoms with Gasteiger partial charge in [-0.3, -0.25) is 9.59 Å². The summed E-state index contributed by atoms with van der Waals surface area (Å²) in [7, 11) is 0. The van der Waals surface area contributed by atoms with E-state index in [-0.39, 0.29) is 24.3 Å². The van der Waals surface area contributed by atoms with Crippen LogP contribution in [0.25, 0.3) is 5.65 Å². The van der Waals surface area contributed by atoms with Crippen molar-refractivity contribution in [2.75, 3.05) is 6.54 Å². The highest BCUT2D eigenvalue weighted by molar-refractivity contribution is 5.87. The van der Waals surface area contributed by atoms with E-state index >= 15 is 0 Å². The number of nitrogens with one attached hydrogen (secondary N) is 2. The molecule has 23 heavy (non-hydrogen) atoms. The number of imidazole rings is 1. The lowest BCUT2D eigenvalue weighted by Crippen LogP contribution is -2.47. The van der Waals surface area contributed by atoms with Gasteiger partial charge in [0.25, 0.3) is 0 Å². The predicted molar refractivity (Wildman–Crippen MR) is 87.6 cm³/mol. The first-order valence-corrected chi connectivity index (χ1v) is 7.61. The van der Waals surface area contributed by atoms with E-state index in [2.05, 4.69) is 15.6 Å². The van der Waals surface area contributed by atoms with Crippen LogP contribution in [0.1, 0.15) is 25.1 Å². The van der Waals surface area contributed by atoms with Crippen molar-refractivity contribution in [3.05, 3.63) is 35.8 Å². The summed E-state index contributed by atoms with van der Waals surface area (Å²) in [6, 6.07) is 3.32. The summed E-state index contributed by atoms with van der Waals surface area (Å²) in [4.78, 5) is 28.0. The van der Waals surface area contributed by atoms with Crippen LogP contribution >= 0.6 is 0 Å². The number of nitrogens with zero attached hydrogens (tertiary/aromatic N) is 2. The number of nitrogens with two attached hydrogens (primary N) is 1. The topological polar surface area (TPSA) is 102 Å². The van der Waals surface area contributed by atoms with Crippen LogP contribution in [0, 0.1) is 12.8 Å². The summed E-state index contributed by atoms with van der Waals surface area (Å²) >= 11 is 0. The fourth-order valence-electron chi connectivity index (χ4n) is 2.13. The summed E-state index contributed by atoms with van der Waals surface area (Å²) in [6.07, 6.45) is 3.78. The summed E-state index contributed by atoms with van der Waals surface area (Å²) in [5.74, 6) is -0.569. The molecule has 2 heterocycles. The van der Waals surface area contributed by atoms with Gasteiger partial charge in [0.1, 0.15) is 5.65 Å². The minimum Gasteiger partial charge on any atom is -0.349 e. The number of hydrogen-bond donors (Lipinski definition) is 3. The molecule has 0 aliphatic heterocycles. The molecule has 0 spiro atoms. The van der Waals surface area contributed by atoms with E-state index in [1.807, 2.05) is 49.7 Å². The lowest BCUT2D eigenvalue weighted by atomic mass is 10.1. The Kier molecular flexibility index (Phi) is 5.33. The smallest absolute Gasteiger partial charge is 0.239 e. The Bertz CT molecular complexity index is 708. The maximum Gasteiger partial charge on any atom is 0.239 e. The molecule has 124 valence electrons. The van der Waals surface area contributed by atoms with Crippen LogP contribution in [0.15, 0.2) is 24.5 Å². The molecule has 0 saturated carbocycles. The van der Waals surface area contributed by atoms with Crippen LogP contribution < -0.4 is 16.4 Å². The number of fused-ring (bicyclic) bond motifs is 1. The van der Waals surface area contributed by atoms with Gasteiger partial charge in [0.2, 0.25) is 11.8 Å². The first kappa shape index (κ1) is 17.0. The van der Waals surface area contributed by atoms with Crippen molar-refractivity contribution in [2.24, 2.45) is 11.7 Å². The van der Waals surface area contributed by atoms with Gasteiger partial charge in [-0.1, -0.05) is 19.9 Å². The van der Waals surface area contributed by atoms with Crippen LogP contribution in [-0.4, -0.2) is 33.8 Å². The number of hydrogen-bond acceptors (Lipinski definition) is 4. The third-order valence-corrected chi connectivity index (χ3v) is 3.64. The number of aryl methyl sites for hydroxylation is 1. The number of pyridine rings is 1. The summed E-state index contributed by atoms with van der Waals surface area (Å²) < 4.78 is 1.92. The van der Waals surface area contributed by atoms with Gasteiger partial charge in [-0.15, -0.1) is 0 Å². The minimum atomic E-state index is -0.607. The predicted octanol–water partition coefficient (Wildman–Crippen LogP) is 0.358. The number of carbonyl (C=O) groups excluding carboxylic acids is 2. The zero-order chi connectivity index (χ0) is 17.0. The van der Waals surface area contributed by atoms with Gasteiger partial charge in [0, 0.05) is 12.4 Å². The molecule has 7 heteroatoms. The molecular weight excluding hydrogens is 294 g/mol. The third kappa shape index (κ3) is 4.29. The van der Waals surface area contributed by atoms with Crippen LogP contribution in [0.4, 0.5) is 0 Å². The molecule has 2 amide bonds. The lowest BCUT2D eigenvalue weighted by molar-refractivity contribution is -0.127. The van der Waals surface area contributed by atoms with Gasteiger partial charge < -0.3 is 20.8 Å². The van der Waals surface area contributed by atoms with Crippen molar-refractivity contribution in [3.63, 3.8) is 0 Å². The molecule has 0 aliphatic carbocycles. The normalized spacial score (nSPS) is 12.4. The molecule has 0 saturated heterocycles. The van der Waals surface area contributed by atoms with Crippen LogP contribution in [0.2, 0.25) is 0 Å². The second-order valence-electron chi connectivity index (χ2n) is 5.92. The molecule has 0 aromatic carbocycles. The highest BCUT2D eigenvalue weighted by Crippen LogP contribution is 2.09. The molecule has 4 N–H and O–H groups in total. The fourth-order valence-corrected chi connectivity index (χ4v) is 2.13. The van der Waals surface area contributed by atoms with E-state index in [1.54, 1.807) is 0 Å². The number of rotatable bonds is 6. The summed E-state index contributed by atoms with van der Waals surface area (Å²) in [5.41, 5.74) is 8.41. The monoisotopic (exact) mass is 317 g/mol. The SMILES string of the molecule is Cc1cccn2cc(CNC(=O)CNC(=O)[C@@H](N)C(C)C)nc12. The second kappa shape index (κ2) is 7.23. The first-order chi connectivity index (χ1) is 10.9. The maximum atomic E-state index is 11.8. The fraction of sp³-hybridized carbons (Fsp3) is 0.438. The molecule has 7 nitrogen and oxygen atoms in total. The van der Waals surface area contributed by atoms with E-state index in [1.165, 1.54) is 0 Å². The average molecular weight is 317 g/mol. The minimum absolute atomic E-state index is 0.0271. The Balaban J connectivity index is 1.84. The number of aromatic nitrogens is 2. The molecule has 0 aliphatic rings. The zero-order valence-corrected chi connectivity index (χ0v) is 13.7. The molecular formula is C16H23N5O2. The average Bonchev–Trinajstić information content (AvgIpc) is 2.94. The van der Waals surface area contributed by atoms with Crippen LogP contribution in [0.3, 0.4) is 0 Å². The van der Waals surface area contributed by atoms with E-state index in [0.29, 0.717) is 6.54 Å². The van der Waals surface area contributed by atoms with Gasteiger partial charge in [-0.05, 0) is 24.5 Å². The Hall–Kier alpha value is -2.41. The van der Waals surface area contributed by atoms with Crippen LogP contribution in [0.5, 0.6) is 0 Å². The van der Waals surface area contributed by atoms with Crippen molar-refractivity contribution in [2.45, 2.75) is 33.4 Å². The second-order valence-corrected chi connectivity index (χ2v) is 5.92. The number of amides is 2. The first-order valence-electron chi connectivity index (χ1n) is 7.61. The van der Waals surface area contributed by atoms with Crippen LogP contribution in [-0.2, 0) is 16.1 Å². The molecule has 0 fully saturated rings. The quantitative estimate of drug-likeness (QED) is 0.716. The van der Waals surface area contributed by atoms with E-state index in [0.717, 1.165) is 16.9 Å². The third-order valence-electron chi connectivity index (χ3n) is 3.64. The summed E-state index contributed by atoms with van der Waals surface area (Å²) in [5, 5.41) is 5.27. The standard InChI is InChI=1S/C16H23N5O2/c1-10(2)14(17)16(23)19-8-13(22)18-7-12-9-21-6-4-5-11(3)15(21)20-12/h4-6,9-10,14H,7-8,17H2,1-3H3,(H,18,22)(H,19,23)/t14-/m0/s1. The largest absolute Gasteiger partial charge is 0.349 e. The van der Waals surface area contributed by atoms with Gasteiger partial charge in [-0.2, -0.15) is 0 Å². The van der Waals surface area contributed by atoms with Crippen molar-refractivity contribution in [1.82, 2.24) is 20.0 Å². The van der Waals surface area contributed by atoms with Crippen molar-refractivity contribution >= 4 is 17.5 Å². The van der Waals surface area contributed by atoms with Crippen molar-refractivity contribution < 1.29 is 9.59 Å². The highest BCUT2D eigenvalue weighted by Gasteiger charge is 2.17. The molecule has 0 bridgehead atoms. The Morgan fingerprint density at radius 1 is 1.35 bits per heavy atom.